The molecule has 0 aliphatic rings. The van der Waals surface area contributed by atoms with Gasteiger partial charge in [-0.3, -0.25) is 0 Å². The Morgan fingerprint density at radius 2 is 2.06 bits per heavy atom. The second-order valence-electron chi connectivity index (χ2n) is 3.96. The van der Waals surface area contributed by atoms with E-state index in [1.807, 2.05) is 31.2 Å². The van der Waals surface area contributed by atoms with Crippen molar-refractivity contribution in [3.8, 4) is 5.75 Å². The Balaban J connectivity index is 2.40. The van der Waals surface area contributed by atoms with Crippen LogP contribution in [0.1, 0.15) is 12.0 Å². The number of aryl methyl sites for hydroxylation is 1. The Hall–Kier alpha value is -1.06. The van der Waals surface area contributed by atoms with Crippen molar-refractivity contribution in [3.05, 3.63) is 29.8 Å². The Labute approximate surface area is 97.6 Å². The largest absolute Gasteiger partial charge is 0.493 e. The van der Waals surface area contributed by atoms with E-state index in [1.165, 1.54) is 0 Å². The lowest BCUT2D eigenvalue weighted by Crippen LogP contribution is -2.23. The molecule has 1 aromatic carbocycles. The minimum Gasteiger partial charge on any atom is -0.493 e. The topological polar surface area (TPSA) is 44.5 Å². The van der Waals surface area contributed by atoms with Crippen molar-refractivity contribution < 1.29 is 9.47 Å². The lowest BCUT2D eigenvalue weighted by atomic mass is 10.1. The monoisotopic (exact) mass is 223 g/mol. The molecule has 2 N–H and O–H groups in total. The van der Waals surface area contributed by atoms with Crippen molar-refractivity contribution >= 4 is 0 Å². The van der Waals surface area contributed by atoms with Crippen molar-refractivity contribution in [1.29, 1.82) is 0 Å². The minimum atomic E-state index is 0.361. The summed E-state index contributed by atoms with van der Waals surface area (Å²) in [4.78, 5) is 0. The zero-order chi connectivity index (χ0) is 11.8. The standard InChI is InChI=1S/C13H21NO2/c1-11-5-3-4-6-13(11)16-10-12(9-14)7-8-15-2/h3-6,12H,7-10,14H2,1-2H3. The first-order valence-electron chi connectivity index (χ1n) is 5.65. The number of hydrogen-bond donors (Lipinski definition) is 1. The maximum atomic E-state index is 5.75. The molecule has 0 aliphatic heterocycles. The van der Waals surface area contributed by atoms with Gasteiger partial charge in [-0.05, 0) is 31.5 Å². The van der Waals surface area contributed by atoms with Crippen molar-refractivity contribution in [2.24, 2.45) is 11.7 Å². The molecule has 0 bridgehead atoms. The van der Waals surface area contributed by atoms with Crippen LogP contribution in [0, 0.1) is 12.8 Å². The Kier molecular flexibility index (Phi) is 5.90. The first kappa shape index (κ1) is 13.0. The van der Waals surface area contributed by atoms with Crippen LogP contribution in [0.4, 0.5) is 0 Å². The average molecular weight is 223 g/mol. The summed E-state index contributed by atoms with van der Waals surface area (Å²) in [5.41, 5.74) is 6.84. The normalized spacial score (nSPS) is 12.4. The van der Waals surface area contributed by atoms with Crippen LogP contribution in [0.25, 0.3) is 0 Å². The molecule has 3 nitrogen and oxygen atoms in total. The molecule has 0 saturated heterocycles. The summed E-state index contributed by atoms with van der Waals surface area (Å²) in [6.45, 7) is 4.07. The fourth-order valence-corrected chi connectivity index (χ4v) is 1.48. The van der Waals surface area contributed by atoms with E-state index < -0.39 is 0 Å². The number of hydrogen-bond acceptors (Lipinski definition) is 3. The van der Waals surface area contributed by atoms with E-state index in [-0.39, 0.29) is 0 Å². The third-order valence-electron chi connectivity index (χ3n) is 2.63. The lowest BCUT2D eigenvalue weighted by molar-refractivity contribution is 0.157. The first-order valence-corrected chi connectivity index (χ1v) is 5.65. The van der Waals surface area contributed by atoms with Gasteiger partial charge in [0.25, 0.3) is 0 Å². The van der Waals surface area contributed by atoms with E-state index in [4.69, 9.17) is 15.2 Å². The molecule has 0 spiro atoms. The van der Waals surface area contributed by atoms with Crippen LogP contribution in [-0.4, -0.2) is 26.9 Å². The number of benzene rings is 1. The van der Waals surface area contributed by atoms with Gasteiger partial charge in [-0.25, -0.2) is 0 Å². The van der Waals surface area contributed by atoms with E-state index in [1.54, 1.807) is 7.11 Å². The van der Waals surface area contributed by atoms with Gasteiger partial charge in [-0.15, -0.1) is 0 Å². The zero-order valence-electron chi connectivity index (χ0n) is 10.1. The van der Waals surface area contributed by atoms with Gasteiger partial charge in [0.05, 0.1) is 6.61 Å². The fourth-order valence-electron chi connectivity index (χ4n) is 1.48. The quantitative estimate of drug-likeness (QED) is 0.768. The third kappa shape index (κ3) is 4.21. The smallest absolute Gasteiger partial charge is 0.122 e. The van der Waals surface area contributed by atoms with E-state index in [2.05, 4.69) is 0 Å². The molecule has 90 valence electrons. The van der Waals surface area contributed by atoms with Crippen molar-refractivity contribution in [2.75, 3.05) is 26.9 Å². The number of methoxy groups -OCH3 is 1. The third-order valence-corrected chi connectivity index (χ3v) is 2.63. The highest BCUT2D eigenvalue weighted by atomic mass is 16.5. The number of para-hydroxylation sites is 1. The highest BCUT2D eigenvalue weighted by molar-refractivity contribution is 5.31. The van der Waals surface area contributed by atoms with Crippen LogP contribution in [0.2, 0.25) is 0 Å². The SMILES string of the molecule is COCCC(CN)COc1ccccc1C. The van der Waals surface area contributed by atoms with Crippen molar-refractivity contribution in [2.45, 2.75) is 13.3 Å². The van der Waals surface area contributed by atoms with Gasteiger partial charge in [-0.2, -0.15) is 0 Å². The van der Waals surface area contributed by atoms with Gasteiger partial charge in [0, 0.05) is 19.6 Å². The van der Waals surface area contributed by atoms with Gasteiger partial charge in [0.2, 0.25) is 0 Å². The highest BCUT2D eigenvalue weighted by Gasteiger charge is 2.08. The van der Waals surface area contributed by atoms with Crippen LogP contribution in [-0.2, 0) is 4.74 Å². The first-order chi connectivity index (χ1) is 7.77. The van der Waals surface area contributed by atoms with Crippen LogP contribution in [0.15, 0.2) is 24.3 Å². The Bertz CT molecular complexity index is 302. The number of rotatable bonds is 7. The summed E-state index contributed by atoms with van der Waals surface area (Å²) in [6, 6.07) is 8.02. The van der Waals surface area contributed by atoms with E-state index in [0.717, 1.165) is 24.3 Å². The van der Waals surface area contributed by atoms with E-state index in [0.29, 0.717) is 19.1 Å². The molecule has 0 saturated carbocycles. The minimum absolute atomic E-state index is 0.361. The molecule has 1 aromatic rings. The summed E-state index contributed by atoms with van der Waals surface area (Å²) in [5.74, 6) is 1.30. The van der Waals surface area contributed by atoms with Gasteiger partial charge in [-0.1, -0.05) is 18.2 Å². The summed E-state index contributed by atoms with van der Waals surface area (Å²) in [6.07, 6.45) is 0.943. The summed E-state index contributed by atoms with van der Waals surface area (Å²) >= 11 is 0. The molecule has 1 unspecified atom stereocenters. The molecule has 0 aromatic heterocycles. The lowest BCUT2D eigenvalue weighted by Gasteiger charge is -2.16. The maximum Gasteiger partial charge on any atom is 0.122 e. The highest BCUT2D eigenvalue weighted by Crippen LogP contribution is 2.17. The van der Waals surface area contributed by atoms with Crippen LogP contribution >= 0.6 is 0 Å². The molecule has 0 heterocycles. The van der Waals surface area contributed by atoms with Gasteiger partial charge < -0.3 is 15.2 Å². The van der Waals surface area contributed by atoms with Crippen molar-refractivity contribution in [3.63, 3.8) is 0 Å². The number of nitrogens with two attached hydrogens (primary N) is 1. The number of ether oxygens (including phenoxy) is 2. The molecule has 0 radical (unpaired) electrons. The Morgan fingerprint density at radius 1 is 1.31 bits per heavy atom. The van der Waals surface area contributed by atoms with Gasteiger partial charge in [0.15, 0.2) is 0 Å². The Morgan fingerprint density at radius 3 is 2.69 bits per heavy atom. The zero-order valence-corrected chi connectivity index (χ0v) is 10.1. The molecule has 0 fully saturated rings. The van der Waals surface area contributed by atoms with Gasteiger partial charge in [0.1, 0.15) is 5.75 Å². The molecular weight excluding hydrogens is 202 g/mol. The fraction of sp³-hybridized carbons (Fsp3) is 0.538. The summed E-state index contributed by atoms with van der Waals surface area (Å²) < 4.78 is 10.8. The molecular formula is C13H21NO2. The van der Waals surface area contributed by atoms with Crippen LogP contribution < -0.4 is 10.5 Å². The molecule has 0 amide bonds. The second-order valence-corrected chi connectivity index (χ2v) is 3.96. The molecule has 1 atom stereocenters. The predicted molar refractivity (Wildman–Crippen MR) is 65.7 cm³/mol. The van der Waals surface area contributed by atoms with E-state index >= 15 is 0 Å². The average Bonchev–Trinajstić information content (AvgIpc) is 2.31. The predicted octanol–water partition coefficient (Wildman–Crippen LogP) is 1.99. The second kappa shape index (κ2) is 7.25. The van der Waals surface area contributed by atoms with Gasteiger partial charge >= 0.3 is 0 Å². The molecule has 0 aliphatic carbocycles. The van der Waals surface area contributed by atoms with Crippen LogP contribution in [0.5, 0.6) is 5.75 Å². The molecule has 1 rings (SSSR count). The van der Waals surface area contributed by atoms with E-state index in [9.17, 15) is 0 Å². The summed E-state index contributed by atoms with van der Waals surface area (Å²) in [7, 11) is 1.70. The maximum absolute atomic E-state index is 5.75. The van der Waals surface area contributed by atoms with Crippen LogP contribution in [0.3, 0.4) is 0 Å². The summed E-state index contributed by atoms with van der Waals surface area (Å²) in [5, 5.41) is 0. The molecule has 16 heavy (non-hydrogen) atoms. The molecule has 3 heteroatoms. The van der Waals surface area contributed by atoms with Crippen molar-refractivity contribution in [1.82, 2.24) is 0 Å².